The normalized spacial score (nSPS) is 10.1. The van der Waals surface area contributed by atoms with Gasteiger partial charge in [0.1, 0.15) is 0 Å². The number of carbonyl (C=O) groups excluding carboxylic acids is 1. The van der Waals surface area contributed by atoms with E-state index in [-0.39, 0.29) is 5.91 Å². The van der Waals surface area contributed by atoms with Crippen molar-refractivity contribution in [2.24, 2.45) is 5.84 Å². The third-order valence-electron chi connectivity index (χ3n) is 2.69. The molecule has 98 valence electrons. The molecule has 0 atom stereocenters. The highest BCUT2D eigenvalue weighted by Gasteiger charge is 2.11. The summed E-state index contributed by atoms with van der Waals surface area (Å²) in [6.07, 6.45) is 0. The number of aryl methyl sites for hydroxylation is 1. The second-order valence-corrected chi connectivity index (χ2v) is 4.59. The Bertz CT molecular complexity index is 596. The molecule has 1 amide bonds. The zero-order valence-electron chi connectivity index (χ0n) is 10.4. The molecule has 2 aromatic rings. The zero-order valence-corrected chi connectivity index (χ0v) is 11.2. The van der Waals surface area contributed by atoms with E-state index in [1.54, 1.807) is 18.2 Å². The van der Waals surface area contributed by atoms with Gasteiger partial charge < -0.3 is 10.7 Å². The number of hydrogen-bond acceptors (Lipinski definition) is 3. The molecule has 5 heteroatoms. The summed E-state index contributed by atoms with van der Waals surface area (Å²) in [5.41, 5.74) is 5.25. The van der Waals surface area contributed by atoms with Crippen LogP contribution in [-0.4, -0.2) is 5.91 Å². The maximum Gasteiger partial charge on any atom is 0.257 e. The average Bonchev–Trinajstić information content (AvgIpc) is 2.41. The molecule has 0 aromatic heterocycles. The van der Waals surface area contributed by atoms with E-state index in [1.807, 2.05) is 31.2 Å². The molecule has 4 nitrogen and oxygen atoms in total. The first-order valence-electron chi connectivity index (χ1n) is 5.74. The fourth-order valence-corrected chi connectivity index (χ4v) is 1.84. The quantitative estimate of drug-likeness (QED) is 0.595. The average molecular weight is 276 g/mol. The molecule has 0 heterocycles. The van der Waals surface area contributed by atoms with Crippen LogP contribution in [0.3, 0.4) is 0 Å². The van der Waals surface area contributed by atoms with Gasteiger partial charge in [0.2, 0.25) is 0 Å². The fraction of sp³-hybridized carbons (Fsp3) is 0.0714. The number of nitrogens with one attached hydrogen (secondary N) is 2. The summed E-state index contributed by atoms with van der Waals surface area (Å²) < 4.78 is 0. The van der Waals surface area contributed by atoms with Gasteiger partial charge in [0.05, 0.1) is 11.3 Å². The molecule has 2 aromatic carbocycles. The molecule has 0 aliphatic rings. The molecule has 0 aliphatic carbocycles. The maximum atomic E-state index is 12.2. The Labute approximate surface area is 116 Å². The lowest BCUT2D eigenvalue weighted by atomic mass is 10.1. The predicted octanol–water partition coefficient (Wildman–Crippen LogP) is 3.19. The van der Waals surface area contributed by atoms with Crippen LogP contribution in [0.1, 0.15) is 15.9 Å². The Morgan fingerprint density at radius 1 is 1.16 bits per heavy atom. The first-order chi connectivity index (χ1) is 9.10. The highest BCUT2D eigenvalue weighted by atomic mass is 35.5. The van der Waals surface area contributed by atoms with E-state index >= 15 is 0 Å². The summed E-state index contributed by atoms with van der Waals surface area (Å²) in [5.74, 6) is 5.11. The van der Waals surface area contributed by atoms with Gasteiger partial charge in [0.25, 0.3) is 5.91 Å². The van der Waals surface area contributed by atoms with Gasteiger partial charge >= 0.3 is 0 Å². The second kappa shape index (κ2) is 5.73. The lowest BCUT2D eigenvalue weighted by Crippen LogP contribution is -2.17. The number of nitrogen functional groups attached to an aromatic ring is 1. The molecular weight excluding hydrogens is 262 g/mol. The standard InChI is InChI=1S/C14H14ClN3O/c1-9-2-5-11(6-3-9)17-14(19)12-8-10(15)4-7-13(12)18-16/h2-8,18H,16H2,1H3,(H,17,19). The number of hydrazine groups is 1. The van der Waals surface area contributed by atoms with Crippen LogP contribution in [0.15, 0.2) is 42.5 Å². The number of nitrogens with two attached hydrogens (primary N) is 1. The SMILES string of the molecule is Cc1ccc(NC(=O)c2cc(Cl)ccc2NN)cc1. The van der Waals surface area contributed by atoms with Crippen LogP contribution in [0.4, 0.5) is 11.4 Å². The lowest BCUT2D eigenvalue weighted by molar-refractivity contribution is 0.102. The molecule has 0 spiro atoms. The van der Waals surface area contributed by atoms with Crippen LogP contribution in [0.5, 0.6) is 0 Å². The van der Waals surface area contributed by atoms with E-state index in [1.165, 1.54) is 0 Å². The number of hydrogen-bond donors (Lipinski definition) is 3. The lowest BCUT2D eigenvalue weighted by Gasteiger charge is -2.10. The van der Waals surface area contributed by atoms with Gasteiger partial charge in [-0.1, -0.05) is 29.3 Å². The van der Waals surface area contributed by atoms with Gasteiger partial charge in [-0.05, 0) is 37.3 Å². The monoisotopic (exact) mass is 275 g/mol. The molecule has 0 saturated carbocycles. The van der Waals surface area contributed by atoms with E-state index in [0.717, 1.165) is 11.3 Å². The summed E-state index contributed by atoms with van der Waals surface area (Å²) in [6.45, 7) is 1.99. The molecule has 0 unspecified atom stereocenters. The minimum atomic E-state index is -0.265. The van der Waals surface area contributed by atoms with Gasteiger partial charge in [-0.25, -0.2) is 0 Å². The summed E-state index contributed by atoms with van der Waals surface area (Å²) in [5, 5.41) is 3.27. The highest BCUT2D eigenvalue weighted by molar-refractivity contribution is 6.31. The van der Waals surface area contributed by atoms with Gasteiger partial charge in [-0.15, -0.1) is 0 Å². The first-order valence-corrected chi connectivity index (χ1v) is 6.12. The Balaban J connectivity index is 2.24. The van der Waals surface area contributed by atoms with Crippen LogP contribution in [0.2, 0.25) is 5.02 Å². The van der Waals surface area contributed by atoms with Crippen molar-refractivity contribution in [3.05, 3.63) is 58.6 Å². The van der Waals surface area contributed by atoms with Crippen LogP contribution in [0.25, 0.3) is 0 Å². The molecule has 0 fully saturated rings. The fourth-order valence-electron chi connectivity index (χ4n) is 1.67. The van der Waals surface area contributed by atoms with Crippen LogP contribution >= 0.6 is 11.6 Å². The van der Waals surface area contributed by atoms with Gasteiger partial charge in [-0.3, -0.25) is 10.6 Å². The van der Waals surface area contributed by atoms with Crippen molar-refractivity contribution in [2.45, 2.75) is 6.92 Å². The van der Waals surface area contributed by atoms with Gasteiger partial charge in [0.15, 0.2) is 0 Å². The zero-order chi connectivity index (χ0) is 13.8. The van der Waals surface area contributed by atoms with Crippen LogP contribution in [0, 0.1) is 6.92 Å². The number of anilines is 2. The molecule has 2 rings (SSSR count). The Morgan fingerprint density at radius 2 is 1.84 bits per heavy atom. The van der Waals surface area contributed by atoms with E-state index < -0.39 is 0 Å². The summed E-state index contributed by atoms with van der Waals surface area (Å²) in [6, 6.07) is 12.4. The molecule has 0 radical (unpaired) electrons. The predicted molar refractivity (Wildman–Crippen MR) is 78.4 cm³/mol. The summed E-state index contributed by atoms with van der Waals surface area (Å²) in [4.78, 5) is 12.2. The van der Waals surface area contributed by atoms with Gasteiger partial charge in [0, 0.05) is 10.7 Å². The maximum absolute atomic E-state index is 12.2. The second-order valence-electron chi connectivity index (χ2n) is 4.15. The Morgan fingerprint density at radius 3 is 2.47 bits per heavy atom. The molecule has 0 aliphatic heterocycles. The minimum Gasteiger partial charge on any atom is -0.323 e. The van der Waals surface area contributed by atoms with Crippen molar-refractivity contribution in [1.82, 2.24) is 0 Å². The molecule has 0 saturated heterocycles. The Hall–Kier alpha value is -2.04. The van der Waals surface area contributed by atoms with Crippen molar-refractivity contribution in [2.75, 3.05) is 10.7 Å². The molecule has 19 heavy (non-hydrogen) atoms. The topological polar surface area (TPSA) is 67.2 Å². The third-order valence-corrected chi connectivity index (χ3v) is 2.93. The summed E-state index contributed by atoms with van der Waals surface area (Å²) in [7, 11) is 0. The Kier molecular flexibility index (Phi) is 4.04. The van der Waals surface area contributed by atoms with Crippen molar-refractivity contribution < 1.29 is 4.79 Å². The van der Waals surface area contributed by atoms with E-state index in [0.29, 0.717) is 16.3 Å². The van der Waals surface area contributed by atoms with Crippen molar-refractivity contribution in [1.29, 1.82) is 0 Å². The number of halogens is 1. The minimum absolute atomic E-state index is 0.265. The first kappa shape index (κ1) is 13.4. The van der Waals surface area contributed by atoms with Crippen molar-refractivity contribution in [3.63, 3.8) is 0 Å². The number of carbonyl (C=O) groups is 1. The molecular formula is C14H14ClN3O. The van der Waals surface area contributed by atoms with E-state index in [2.05, 4.69) is 10.7 Å². The largest absolute Gasteiger partial charge is 0.323 e. The third kappa shape index (κ3) is 3.24. The van der Waals surface area contributed by atoms with Crippen molar-refractivity contribution in [3.8, 4) is 0 Å². The van der Waals surface area contributed by atoms with Gasteiger partial charge in [-0.2, -0.15) is 0 Å². The van der Waals surface area contributed by atoms with Crippen LogP contribution in [-0.2, 0) is 0 Å². The van der Waals surface area contributed by atoms with E-state index in [9.17, 15) is 4.79 Å². The van der Waals surface area contributed by atoms with Crippen molar-refractivity contribution >= 4 is 28.9 Å². The number of benzene rings is 2. The molecule has 4 N–H and O–H groups in total. The number of rotatable bonds is 3. The highest BCUT2D eigenvalue weighted by Crippen LogP contribution is 2.21. The smallest absolute Gasteiger partial charge is 0.257 e. The molecule has 0 bridgehead atoms. The van der Waals surface area contributed by atoms with Crippen LogP contribution < -0.4 is 16.6 Å². The number of amides is 1. The summed E-state index contributed by atoms with van der Waals surface area (Å²) >= 11 is 5.89. The van der Waals surface area contributed by atoms with E-state index in [4.69, 9.17) is 17.4 Å².